The number of ether oxygens (including phenoxy) is 1. The van der Waals surface area contributed by atoms with Crippen molar-refractivity contribution in [2.24, 2.45) is 0 Å². The van der Waals surface area contributed by atoms with Gasteiger partial charge in [0.15, 0.2) is 0 Å². The van der Waals surface area contributed by atoms with E-state index in [0.29, 0.717) is 5.69 Å². The summed E-state index contributed by atoms with van der Waals surface area (Å²) >= 11 is 5.57. The first-order chi connectivity index (χ1) is 8.60. The zero-order valence-electron chi connectivity index (χ0n) is 9.45. The molecule has 1 aromatic carbocycles. The lowest BCUT2D eigenvalue weighted by molar-refractivity contribution is 0.455. The van der Waals surface area contributed by atoms with Crippen LogP contribution in [0.25, 0.3) is 0 Å². The molecule has 0 bridgehead atoms. The smallest absolute Gasteiger partial charge is 0.237 e. The molecule has 0 amide bonds. The number of benzene rings is 1. The summed E-state index contributed by atoms with van der Waals surface area (Å²) in [6.07, 6.45) is 0. The van der Waals surface area contributed by atoms with Gasteiger partial charge in [-0.1, -0.05) is 11.6 Å². The summed E-state index contributed by atoms with van der Waals surface area (Å²) in [5.74, 6) is -0.189. The molecule has 2 aromatic rings. The fraction of sp³-hybridized carbons (Fsp3) is 0.0769. The van der Waals surface area contributed by atoms with E-state index in [0.717, 1.165) is 6.07 Å². The highest BCUT2D eigenvalue weighted by Crippen LogP contribution is 2.26. The van der Waals surface area contributed by atoms with Crippen LogP contribution >= 0.6 is 11.6 Å². The molecule has 0 radical (unpaired) electrons. The SMILES string of the molecule is Cc1ccc(C#N)c(Oc2ccc(Cl)c(F)c2)n1. The van der Waals surface area contributed by atoms with Crippen molar-refractivity contribution in [2.45, 2.75) is 6.92 Å². The normalized spacial score (nSPS) is 9.89. The Balaban J connectivity index is 2.36. The van der Waals surface area contributed by atoms with E-state index >= 15 is 0 Å². The van der Waals surface area contributed by atoms with Gasteiger partial charge < -0.3 is 4.74 Å². The van der Waals surface area contributed by atoms with Gasteiger partial charge in [-0.15, -0.1) is 0 Å². The topological polar surface area (TPSA) is 45.9 Å². The number of halogens is 2. The molecule has 1 aromatic heterocycles. The number of pyridine rings is 1. The van der Waals surface area contributed by atoms with Crippen LogP contribution in [0.15, 0.2) is 30.3 Å². The van der Waals surface area contributed by atoms with Crippen molar-refractivity contribution >= 4 is 11.6 Å². The number of nitriles is 1. The summed E-state index contributed by atoms with van der Waals surface area (Å²) in [6.45, 7) is 1.77. The van der Waals surface area contributed by atoms with E-state index in [1.807, 2.05) is 6.07 Å². The Morgan fingerprint density at radius 3 is 2.78 bits per heavy atom. The monoisotopic (exact) mass is 262 g/mol. The molecule has 0 atom stereocenters. The number of rotatable bonds is 2. The second-order valence-electron chi connectivity index (χ2n) is 3.60. The highest BCUT2D eigenvalue weighted by Gasteiger charge is 2.08. The molecule has 18 heavy (non-hydrogen) atoms. The molecule has 0 saturated heterocycles. The van der Waals surface area contributed by atoms with E-state index in [4.69, 9.17) is 21.6 Å². The van der Waals surface area contributed by atoms with E-state index < -0.39 is 5.82 Å². The van der Waals surface area contributed by atoms with Gasteiger partial charge in [-0.2, -0.15) is 5.26 Å². The number of hydrogen-bond donors (Lipinski definition) is 0. The van der Waals surface area contributed by atoms with Crippen molar-refractivity contribution in [3.63, 3.8) is 0 Å². The standard InChI is InChI=1S/C13H8ClFN2O/c1-8-2-3-9(7-16)13(17-8)18-10-4-5-11(14)12(15)6-10/h2-6H,1H3. The van der Waals surface area contributed by atoms with Gasteiger partial charge in [0.25, 0.3) is 0 Å². The quantitative estimate of drug-likeness (QED) is 0.826. The third-order valence-electron chi connectivity index (χ3n) is 2.23. The van der Waals surface area contributed by atoms with E-state index in [-0.39, 0.29) is 22.2 Å². The maximum absolute atomic E-state index is 13.2. The molecule has 0 N–H and O–H groups in total. The first kappa shape index (κ1) is 12.3. The maximum Gasteiger partial charge on any atom is 0.237 e. The lowest BCUT2D eigenvalue weighted by Crippen LogP contribution is -1.94. The summed E-state index contributed by atoms with van der Waals surface area (Å²) in [6, 6.07) is 9.30. The zero-order valence-corrected chi connectivity index (χ0v) is 10.2. The summed E-state index contributed by atoms with van der Waals surface area (Å²) < 4.78 is 18.6. The predicted molar refractivity (Wildman–Crippen MR) is 65.2 cm³/mol. The van der Waals surface area contributed by atoms with E-state index in [1.165, 1.54) is 12.1 Å². The molecular formula is C13H8ClFN2O. The number of hydrogen-bond acceptors (Lipinski definition) is 3. The van der Waals surface area contributed by atoms with Gasteiger partial charge >= 0.3 is 0 Å². The molecule has 0 aliphatic rings. The lowest BCUT2D eigenvalue weighted by atomic mass is 10.2. The first-order valence-corrected chi connectivity index (χ1v) is 5.48. The lowest BCUT2D eigenvalue weighted by Gasteiger charge is -2.07. The molecule has 0 unspecified atom stereocenters. The van der Waals surface area contributed by atoms with Gasteiger partial charge in [0.05, 0.1) is 5.02 Å². The van der Waals surface area contributed by atoms with Gasteiger partial charge in [0.2, 0.25) is 5.88 Å². The molecule has 0 aliphatic carbocycles. The summed E-state index contributed by atoms with van der Waals surface area (Å²) in [7, 11) is 0. The van der Waals surface area contributed by atoms with Crippen LogP contribution in [0, 0.1) is 24.1 Å². The Morgan fingerprint density at radius 1 is 1.33 bits per heavy atom. The molecule has 5 heteroatoms. The molecule has 0 spiro atoms. The van der Waals surface area contributed by atoms with Crippen LogP contribution in [0.4, 0.5) is 4.39 Å². The van der Waals surface area contributed by atoms with E-state index in [2.05, 4.69) is 4.98 Å². The Bertz CT molecular complexity index is 637. The second-order valence-corrected chi connectivity index (χ2v) is 4.00. The Labute approximate surface area is 108 Å². The van der Waals surface area contributed by atoms with Gasteiger partial charge in [0, 0.05) is 11.8 Å². The number of aryl methyl sites for hydroxylation is 1. The minimum Gasteiger partial charge on any atom is -0.438 e. The van der Waals surface area contributed by atoms with Gasteiger partial charge in [-0.25, -0.2) is 9.37 Å². The molecule has 2 rings (SSSR count). The van der Waals surface area contributed by atoms with Crippen LogP contribution in [-0.2, 0) is 0 Å². The molecule has 3 nitrogen and oxygen atoms in total. The predicted octanol–water partition coefficient (Wildman–Crippen LogP) is 3.85. The van der Waals surface area contributed by atoms with Gasteiger partial charge in [0.1, 0.15) is 23.2 Å². The molecule has 0 aliphatic heterocycles. The maximum atomic E-state index is 13.2. The zero-order chi connectivity index (χ0) is 13.1. The summed E-state index contributed by atoms with van der Waals surface area (Å²) in [5, 5.41) is 8.93. The van der Waals surface area contributed by atoms with Crippen LogP contribution in [0.1, 0.15) is 11.3 Å². The third kappa shape index (κ3) is 2.58. The van der Waals surface area contributed by atoms with Crippen molar-refractivity contribution in [3.8, 4) is 17.7 Å². The van der Waals surface area contributed by atoms with Crippen LogP contribution in [-0.4, -0.2) is 4.98 Å². The first-order valence-electron chi connectivity index (χ1n) is 5.11. The van der Waals surface area contributed by atoms with E-state index in [1.54, 1.807) is 19.1 Å². The van der Waals surface area contributed by atoms with Crippen LogP contribution in [0.2, 0.25) is 5.02 Å². The third-order valence-corrected chi connectivity index (χ3v) is 2.53. The number of aromatic nitrogens is 1. The summed E-state index contributed by atoms with van der Waals surface area (Å²) in [4.78, 5) is 4.09. The highest BCUT2D eigenvalue weighted by atomic mass is 35.5. The molecular weight excluding hydrogens is 255 g/mol. The van der Waals surface area contributed by atoms with Crippen molar-refractivity contribution in [1.29, 1.82) is 5.26 Å². The van der Waals surface area contributed by atoms with Crippen molar-refractivity contribution < 1.29 is 9.13 Å². The van der Waals surface area contributed by atoms with E-state index in [9.17, 15) is 4.39 Å². The average Bonchev–Trinajstić information content (AvgIpc) is 2.34. The van der Waals surface area contributed by atoms with Gasteiger partial charge in [-0.05, 0) is 31.2 Å². The van der Waals surface area contributed by atoms with Crippen LogP contribution in [0.5, 0.6) is 11.6 Å². The number of nitrogens with zero attached hydrogens (tertiary/aromatic N) is 2. The van der Waals surface area contributed by atoms with Gasteiger partial charge in [-0.3, -0.25) is 0 Å². The Morgan fingerprint density at radius 2 is 2.11 bits per heavy atom. The molecule has 0 saturated carbocycles. The van der Waals surface area contributed by atoms with Crippen LogP contribution in [0.3, 0.4) is 0 Å². The minimum atomic E-state index is -0.583. The fourth-order valence-corrected chi connectivity index (χ4v) is 1.47. The Kier molecular flexibility index (Phi) is 3.45. The van der Waals surface area contributed by atoms with Crippen molar-refractivity contribution in [1.82, 2.24) is 4.98 Å². The minimum absolute atomic E-state index is 0.0139. The second kappa shape index (κ2) is 5.03. The van der Waals surface area contributed by atoms with Crippen LogP contribution < -0.4 is 4.74 Å². The molecule has 1 heterocycles. The average molecular weight is 263 g/mol. The molecule has 90 valence electrons. The fourth-order valence-electron chi connectivity index (χ4n) is 1.35. The Hall–Kier alpha value is -2.12. The highest BCUT2D eigenvalue weighted by molar-refractivity contribution is 6.30. The van der Waals surface area contributed by atoms with Crippen molar-refractivity contribution in [3.05, 3.63) is 52.4 Å². The van der Waals surface area contributed by atoms with Crippen molar-refractivity contribution in [2.75, 3.05) is 0 Å². The largest absolute Gasteiger partial charge is 0.438 e. The molecule has 0 fully saturated rings. The summed E-state index contributed by atoms with van der Waals surface area (Å²) in [5.41, 5.74) is 0.995.